The molecule has 0 aliphatic heterocycles. The van der Waals surface area contributed by atoms with E-state index in [2.05, 4.69) is 10.5 Å². The zero-order chi connectivity index (χ0) is 23.3. The van der Waals surface area contributed by atoms with Crippen molar-refractivity contribution in [3.05, 3.63) is 89.5 Å². The predicted octanol–water partition coefficient (Wildman–Crippen LogP) is 3.74. The maximum atomic E-state index is 13.4. The van der Waals surface area contributed by atoms with E-state index in [9.17, 15) is 18.3 Å². The number of carbonyl (C=O) groups is 1. The third-order valence-corrected chi connectivity index (χ3v) is 6.67. The summed E-state index contributed by atoms with van der Waals surface area (Å²) >= 11 is 0. The number of phenolic OH excluding ortho intramolecular Hbond substituents is 1. The van der Waals surface area contributed by atoms with Crippen LogP contribution in [0.1, 0.15) is 23.6 Å². The van der Waals surface area contributed by atoms with Gasteiger partial charge in [-0.15, -0.1) is 0 Å². The van der Waals surface area contributed by atoms with Crippen LogP contribution in [0.5, 0.6) is 5.75 Å². The maximum Gasteiger partial charge on any atom is 0.264 e. The van der Waals surface area contributed by atoms with E-state index >= 15 is 0 Å². The van der Waals surface area contributed by atoms with Crippen LogP contribution in [-0.4, -0.2) is 31.7 Å². The van der Waals surface area contributed by atoms with Crippen molar-refractivity contribution in [1.29, 1.82) is 0 Å². The topological polar surface area (TPSA) is 99.1 Å². The predicted molar refractivity (Wildman–Crippen MR) is 125 cm³/mol. The fourth-order valence-corrected chi connectivity index (χ4v) is 4.66. The standard InChI is InChI=1S/C24H25N3O4S/c1-17-13-14-18(2)22(15-17)27(32(30,31)20-9-5-4-6-10-20)16-24(29)26-25-19(3)21-11-7-8-12-23(21)28/h4-15,28H,16H2,1-3H3,(H,26,29)/b25-19-. The molecule has 0 aliphatic carbocycles. The van der Waals surface area contributed by atoms with Crippen molar-refractivity contribution in [2.45, 2.75) is 25.7 Å². The maximum absolute atomic E-state index is 13.4. The number of aromatic hydroxyl groups is 1. The Morgan fingerprint density at radius 2 is 1.66 bits per heavy atom. The van der Waals surface area contributed by atoms with Gasteiger partial charge >= 0.3 is 0 Å². The second-order valence-corrected chi connectivity index (χ2v) is 9.23. The van der Waals surface area contributed by atoms with Crippen LogP contribution in [0.4, 0.5) is 5.69 Å². The van der Waals surface area contributed by atoms with Crippen LogP contribution < -0.4 is 9.73 Å². The van der Waals surface area contributed by atoms with E-state index in [1.807, 2.05) is 19.1 Å². The van der Waals surface area contributed by atoms with Crippen molar-refractivity contribution >= 4 is 27.3 Å². The van der Waals surface area contributed by atoms with Gasteiger partial charge in [0.15, 0.2) is 0 Å². The average molecular weight is 452 g/mol. The lowest BCUT2D eigenvalue weighted by molar-refractivity contribution is -0.119. The molecule has 0 spiro atoms. The lowest BCUT2D eigenvalue weighted by Crippen LogP contribution is -2.40. The SMILES string of the molecule is C/C(=N/NC(=O)CN(c1cc(C)ccc1C)S(=O)(=O)c1ccccc1)c1ccccc1O. The Morgan fingerprint density at radius 3 is 2.34 bits per heavy atom. The summed E-state index contributed by atoms with van der Waals surface area (Å²) in [6.07, 6.45) is 0. The van der Waals surface area contributed by atoms with Gasteiger partial charge in [-0.3, -0.25) is 9.10 Å². The molecule has 7 nitrogen and oxygen atoms in total. The highest BCUT2D eigenvalue weighted by Crippen LogP contribution is 2.27. The highest BCUT2D eigenvalue weighted by molar-refractivity contribution is 7.92. The summed E-state index contributed by atoms with van der Waals surface area (Å²) in [5, 5.41) is 14.0. The summed E-state index contributed by atoms with van der Waals surface area (Å²) in [7, 11) is -4.00. The zero-order valence-electron chi connectivity index (χ0n) is 18.1. The zero-order valence-corrected chi connectivity index (χ0v) is 18.9. The summed E-state index contributed by atoms with van der Waals surface area (Å²) in [5.74, 6) is -0.577. The van der Waals surface area contributed by atoms with E-state index in [0.29, 0.717) is 17.0 Å². The van der Waals surface area contributed by atoms with E-state index in [1.165, 1.54) is 18.2 Å². The van der Waals surface area contributed by atoms with Gasteiger partial charge in [0.05, 0.1) is 16.3 Å². The van der Waals surface area contributed by atoms with Gasteiger partial charge < -0.3 is 5.11 Å². The smallest absolute Gasteiger partial charge is 0.264 e. The number of hydrogen-bond donors (Lipinski definition) is 2. The van der Waals surface area contributed by atoms with E-state index in [4.69, 9.17) is 0 Å². The fourth-order valence-electron chi connectivity index (χ4n) is 3.16. The van der Waals surface area contributed by atoms with E-state index < -0.39 is 22.5 Å². The molecule has 0 saturated carbocycles. The minimum absolute atomic E-state index is 0.0340. The number of nitrogens with one attached hydrogen (secondary N) is 1. The molecule has 0 heterocycles. The molecule has 1 amide bonds. The minimum Gasteiger partial charge on any atom is -0.507 e. The molecular formula is C24H25N3O4S. The number of benzene rings is 3. The summed E-state index contributed by atoms with van der Waals surface area (Å²) in [6.45, 7) is 4.83. The summed E-state index contributed by atoms with van der Waals surface area (Å²) in [4.78, 5) is 12.8. The highest BCUT2D eigenvalue weighted by Gasteiger charge is 2.28. The van der Waals surface area contributed by atoms with Gasteiger partial charge in [0.1, 0.15) is 12.3 Å². The molecule has 0 aromatic heterocycles. The lowest BCUT2D eigenvalue weighted by atomic mass is 10.1. The number of carbonyl (C=O) groups excluding carboxylic acids is 1. The van der Waals surface area contributed by atoms with Crippen LogP contribution in [-0.2, 0) is 14.8 Å². The summed E-state index contributed by atoms with van der Waals surface area (Å²) in [5.41, 5.74) is 5.27. The summed E-state index contributed by atoms with van der Waals surface area (Å²) < 4.78 is 27.9. The van der Waals surface area contributed by atoms with Gasteiger partial charge in [-0.1, -0.05) is 42.5 Å². The number of rotatable bonds is 7. The third kappa shape index (κ3) is 5.15. The molecule has 0 radical (unpaired) electrons. The molecule has 3 rings (SSSR count). The molecule has 0 saturated heterocycles. The van der Waals surface area contributed by atoms with E-state index in [1.54, 1.807) is 56.3 Å². The van der Waals surface area contributed by atoms with E-state index in [-0.39, 0.29) is 10.6 Å². The molecule has 2 N–H and O–H groups in total. The number of amides is 1. The molecular weight excluding hydrogens is 426 g/mol. The van der Waals surface area contributed by atoms with Crippen molar-refractivity contribution in [3.63, 3.8) is 0 Å². The van der Waals surface area contributed by atoms with Crippen LogP contribution >= 0.6 is 0 Å². The van der Waals surface area contributed by atoms with Gasteiger partial charge in [0, 0.05) is 5.56 Å². The van der Waals surface area contributed by atoms with Crippen LogP contribution in [0.3, 0.4) is 0 Å². The van der Waals surface area contributed by atoms with Crippen LogP contribution in [0.15, 0.2) is 82.8 Å². The molecule has 0 aliphatic rings. The monoisotopic (exact) mass is 451 g/mol. The molecule has 32 heavy (non-hydrogen) atoms. The first-order valence-corrected chi connectivity index (χ1v) is 11.4. The normalized spacial score (nSPS) is 11.8. The third-order valence-electron chi connectivity index (χ3n) is 4.89. The number of phenols is 1. The minimum atomic E-state index is -4.00. The fraction of sp³-hybridized carbons (Fsp3) is 0.167. The Bertz CT molecular complexity index is 1260. The number of anilines is 1. The Labute approximate surface area is 188 Å². The first-order valence-electron chi connectivity index (χ1n) is 9.96. The average Bonchev–Trinajstić information content (AvgIpc) is 2.78. The highest BCUT2D eigenvalue weighted by atomic mass is 32.2. The Kier molecular flexibility index (Phi) is 6.95. The molecule has 0 fully saturated rings. The number of para-hydroxylation sites is 1. The molecule has 8 heteroatoms. The largest absolute Gasteiger partial charge is 0.507 e. The van der Waals surface area contributed by atoms with Crippen molar-refractivity contribution in [1.82, 2.24) is 5.43 Å². The Balaban J connectivity index is 1.93. The Hall–Kier alpha value is -3.65. The number of nitrogens with zero attached hydrogens (tertiary/aromatic N) is 2. The van der Waals surface area contributed by atoms with Crippen LogP contribution in [0.25, 0.3) is 0 Å². The molecule has 166 valence electrons. The van der Waals surface area contributed by atoms with Gasteiger partial charge in [0.25, 0.3) is 15.9 Å². The number of hydrazone groups is 1. The van der Waals surface area contributed by atoms with Crippen molar-refractivity contribution in [3.8, 4) is 5.75 Å². The molecule has 0 atom stereocenters. The van der Waals surface area contributed by atoms with Gasteiger partial charge in [-0.2, -0.15) is 5.10 Å². The van der Waals surface area contributed by atoms with Gasteiger partial charge in [0.2, 0.25) is 0 Å². The van der Waals surface area contributed by atoms with Crippen LogP contribution in [0, 0.1) is 13.8 Å². The second-order valence-electron chi connectivity index (χ2n) is 7.36. The lowest BCUT2D eigenvalue weighted by Gasteiger charge is -2.25. The van der Waals surface area contributed by atoms with Crippen LogP contribution in [0.2, 0.25) is 0 Å². The first-order chi connectivity index (χ1) is 15.2. The Morgan fingerprint density at radius 1 is 1.00 bits per heavy atom. The number of hydrogen-bond acceptors (Lipinski definition) is 5. The van der Waals surface area contributed by atoms with Gasteiger partial charge in [-0.25, -0.2) is 13.8 Å². The summed E-state index contributed by atoms with van der Waals surface area (Å²) in [6, 6.07) is 20.0. The van der Waals surface area contributed by atoms with Crippen molar-refractivity contribution in [2.75, 3.05) is 10.8 Å². The molecule has 3 aromatic carbocycles. The van der Waals surface area contributed by atoms with Crippen molar-refractivity contribution < 1.29 is 18.3 Å². The molecule has 0 bridgehead atoms. The molecule has 3 aromatic rings. The van der Waals surface area contributed by atoms with Crippen molar-refractivity contribution in [2.24, 2.45) is 5.10 Å². The molecule has 0 unspecified atom stereocenters. The van der Waals surface area contributed by atoms with Gasteiger partial charge in [-0.05, 0) is 62.2 Å². The number of aryl methyl sites for hydroxylation is 2. The first kappa shape index (κ1) is 23.0. The second kappa shape index (κ2) is 9.65. The quantitative estimate of drug-likeness (QED) is 0.422. The number of sulfonamides is 1. The van der Waals surface area contributed by atoms with E-state index in [0.717, 1.165) is 15.4 Å².